The van der Waals surface area contributed by atoms with E-state index >= 15 is 0 Å². The Morgan fingerprint density at radius 3 is 2.57 bits per heavy atom. The number of carbonyl (C=O) groups excluding carboxylic acids is 1. The number of nitrogens with zero attached hydrogens (tertiary/aromatic N) is 8. The third-order valence-corrected chi connectivity index (χ3v) is 6.63. The van der Waals surface area contributed by atoms with Crippen molar-refractivity contribution in [3.63, 3.8) is 0 Å². The average Bonchev–Trinajstić information content (AvgIpc) is 3.31. The van der Waals surface area contributed by atoms with Gasteiger partial charge in [-0.25, -0.2) is 35.4 Å². The average molecular weight is 514 g/mol. The highest BCUT2D eigenvalue weighted by Crippen LogP contribution is 2.35. The number of amides is 1. The molecule has 0 atom stereocenters. The highest BCUT2D eigenvalue weighted by Gasteiger charge is 2.21. The predicted molar refractivity (Wildman–Crippen MR) is 130 cm³/mol. The number of hydrogen-bond acceptors (Lipinski definition) is 12. The van der Waals surface area contributed by atoms with Gasteiger partial charge in [-0.2, -0.15) is 0 Å². The highest BCUT2D eigenvalue weighted by molar-refractivity contribution is 7.19. The van der Waals surface area contributed by atoms with Gasteiger partial charge < -0.3 is 14.5 Å². The third-order valence-electron chi connectivity index (χ3n) is 5.33. The molecular weight excluding hydrogens is 494 g/mol. The second-order valence-corrected chi connectivity index (χ2v) is 9.18. The Hall–Kier alpha value is -3.52. The van der Waals surface area contributed by atoms with Crippen LogP contribution < -0.4 is 15.3 Å². The first-order valence-electron chi connectivity index (χ1n) is 10.6. The summed E-state index contributed by atoms with van der Waals surface area (Å²) in [5.74, 6) is 1.14. The number of fused-ring (bicyclic) bond motifs is 1. The lowest BCUT2D eigenvalue weighted by Crippen LogP contribution is -2.36. The van der Waals surface area contributed by atoms with Gasteiger partial charge in [0, 0.05) is 49.8 Å². The van der Waals surface area contributed by atoms with E-state index in [1.54, 1.807) is 29.2 Å². The fourth-order valence-corrected chi connectivity index (χ4v) is 4.86. The SMILES string of the molecule is CN(Cc1cc2nc(-c3cnc(Cl)nc3)nc(N3CCOCC3)c2s1)c1ncc(C(=O)NO)cn1. The maximum Gasteiger partial charge on any atom is 0.277 e. The lowest BCUT2D eigenvalue weighted by atomic mass is 10.3. The van der Waals surface area contributed by atoms with Crippen molar-refractivity contribution in [1.82, 2.24) is 35.4 Å². The molecule has 0 saturated carbocycles. The van der Waals surface area contributed by atoms with E-state index in [1.165, 1.54) is 12.4 Å². The third kappa shape index (κ3) is 4.98. The van der Waals surface area contributed by atoms with Crippen LogP contribution in [-0.2, 0) is 11.3 Å². The van der Waals surface area contributed by atoms with E-state index in [0.29, 0.717) is 37.1 Å². The van der Waals surface area contributed by atoms with E-state index in [0.717, 1.165) is 34.0 Å². The zero-order chi connectivity index (χ0) is 24.4. The van der Waals surface area contributed by atoms with Gasteiger partial charge in [0.25, 0.3) is 5.91 Å². The Labute approximate surface area is 208 Å². The molecule has 180 valence electrons. The zero-order valence-corrected chi connectivity index (χ0v) is 20.1. The van der Waals surface area contributed by atoms with Crippen molar-refractivity contribution in [2.45, 2.75) is 6.54 Å². The molecule has 1 saturated heterocycles. The van der Waals surface area contributed by atoms with Crippen LogP contribution in [0.25, 0.3) is 21.6 Å². The minimum atomic E-state index is -0.667. The molecule has 1 aliphatic rings. The number of hydroxylamine groups is 1. The first-order chi connectivity index (χ1) is 17.0. The summed E-state index contributed by atoms with van der Waals surface area (Å²) in [5, 5.41) is 8.92. The van der Waals surface area contributed by atoms with Crippen molar-refractivity contribution in [3.05, 3.63) is 46.6 Å². The number of ether oxygens (including phenoxy) is 1. The van der Waals surface area contributed by atoms with Gasteiger partial charge in [0.1, 0.15) is 0 Å². The number of anilines is 2. The molecule has 5 rings (SSSR count). The molecule has 0 radical (unpaired) electrons. The van der Waals surface area contributed by atoms with Crippen molar-refractivity contribution < 1.29 is 14.7 Å². The molecule has 12 nitrogen and oxygen atoms in total. The molecule has 0 spiro atoms. The zero-order valence-electron chi connectivity index (χ0n) is 18.5. The van der Waals surface area contributed by atoms with Crippen LogP contribution in [-0.4, -0.2) is 74.4 Å². The van der Waals surface area contributed by atoms with Crippen molar-refractivity contribution >= 4 is 50.8 Å². The molecule has 0 aliphatic carbocycles. The molecule has 1 fully saturated rings. The first kappa shape index (κ1) is 23.2. The van der Waals surface area contributed by atoms with Gasteiger partial charge in [-0.15, -0.1) is 11.3 Å². The molecule has 0 unspecified atom stereocenters. The number of rotatable bonds is 6. The Balaban J connectivity index is 1.47. The lowest BCUT2D eigenvalue weighted by molar-refractivity contribution is 0.0705. The molecule has 1 amide bonds. The first-order valence-corrected chi connectivity index (χ1v) is 11.8. The molecule has 14 heteroatoms. The standard InChI is InChI=1S/C21H20ClN9O3S/c1-30(21-25-9-13(10-26-21)19(32)29-33)11-14-6-15-16(35-14)18(31-2-4-34-5-3-31)28-17(27-15)12-7-23-20(22)24-8-12/h6-10,33H,2-5,11H2,1H3,(H,29,32). The summed E-state index contributed by atoms with van der Waals surface area (Å²) < 4.78 is 6.50. The van der Waals surface area contributed by atoms with Crippen molar-refractivity contribution in [3.8, 4) is 11.4 Å². The quantitative estimate of drug-likeness (QED) is 0.222. The van der Waals surface area contributed by atoms with E-state index in [4.69, 9.17) is 31.5 Å². The summed E-state index contributed by atoms with van der Waals surface area (Å²) in [6.07, 6.45) is 5.94. The van der Waals surface area contributed by atoms with Crippen LogP contribution in [0.15, 0.2) is 30.9 Å². The number of morpholine rings is 1. The molecule has 2 N–H and O–H groups in total. The number of carbonyl (C=O) groups is 1. The van der Waals surface area contributed by atoms with Crippen LogP contribution in [0.2, 0.25) is 5.28 Å². The van der Waals surface area contributed by atoms with E-state index in [9.17, 15) is 4.79 Å². The summed E-state index contributed by atoms with van der Waals surface area (Å²) >= 11 is 7.46. The van der Waals surface area contributed by atoms with E-state index in [-0.39, 0.29) is 10.8 Å². The summed E-state index contributed by atoms with van der Waals surface area (Å²) in [7, 11) is 1.86. The van der Waals surface area contributed by atoms with Gasteiger partial charge in [-0.1, -0.05) is 0 Å². The minimum absolute atomic E-state index is 0.163. The van der Waals surface area contributed by atoms with Gasteiger partial charge in [0.15, 0.2) is 11.6 Å². The topological polar surface area (TPSA) is 142 Å². The molecule has 35 heavy (non-hydrogen) atoms. The monoisotopic (exact) mass is 513 g/mol. The van der Waals surface area contributed by atoms with Gasteiger partial charge in [-0.05, 0) is 17.7 Å². The summed E-state index contributed by atoms with van der Waals surface area (Å²) in [5.41, 5.74) is 3.22. The van der Waals surface area contributed by atoms with Crippen LogP contribution >= 0.6 is 22.9 Å². The number of thiophene rings is 1. The van der Waals surface area contributed by atoms with E-state index < -0.39 is 5.91 Å². The van der Waals surface area contributed by atoms with Crippen LogP contribution in [0.3, 0.4) is 0 Å². The molecular formula is C21H20ClN9O3S. The van der Waals surface area contributed by atoms with Crippen molar-refractivity contribution in [2.24, 2.45) is 0 Å². The van der Waals surface area contributed by atoms with Crippen LogP contribution in [0.4, 0.5) is 11.8 Å². The largest absolute Gasteiger partial charge is 0.378 e. The summed E-state index contributed by atoms with van der Waals surface area (Å²) in [6, 6.07) is 2.02. The Bertz CT molecular complexity index is 1340. The normalized spacial score (nSPS) is 13.7. The molecule has 0 bridgehead atoms. The number of halogens is 1. The predicted octanol–water partition coefficient (Wildman–Crippen LogP) is 2.18. The van der Waals surface area contributed by atoms with Gasteiger partial charge in [-0.3, -0.25) is 10.0 Å². The smallest absolute Gasteiger partial charge is 0.277 e. The Morgan fingerprint density at radius 1 is 1.17 bits per heavy atom. The Morgan fingerprint density at radius 2 is 1.89 bits per heavy atom. The Kier molecular flexibility index (Phi) is 6.63. The molecule has 4 aromatic heterocycles. The van der Waals surface area contributed by atoms with Crippen LogP contribution in [0.5, 0.6) is 0 Å². The number of aromatic nitrogens is 6. The fourth-order valence-electron chi connectivity index (χ4n) is 3.59. The van der Waals surface area contributed by atoms with Crippen molar-refractivity contribution in [1.29, 1.82) is 0 Å². The molecule has 0 aromatic carbocycles. The van der Waals surface area contributed by atoms with E-state index in [1.807, 2.05) is 18.0 Å². The number of hydrogen-bond donors (Lipinski definition) is 2. The second-order valence-electron chi connectivity index (χ2n) is 7.71. The van der Waals surface area contributed by atoms with Crippen LogP contribution in [0.1, 0.15) is 15.2 Å². The summed E-state index contributed by atoms with van der Waals surface area (Å²) in [4.78, 5) is 42.8. The van der Waals surface area contributed by atoms with Gasteiger partial charge in [0.2, 0.25) is 11.2 Å². The molecule has 1 aliphatic heterocycles. The van der Waals surface area contributed by atoms with Gasteiger partial charge in [0.05, 0.1) is 41.1 Å². The molecule has 4 aromatic rings. The number of nitrogens with one attached hydrogen (secondary N) is 1. The van der Waals surface area contributed by atoms with Crippen molar-refractivity contribution in [2.75, 3.05) is 43.2 Å². The second kappa shape index (κ2) is 10.00. The van der Waals surface area contributed by atoms with Gasteiger partial charge >= 0.3 is 0 Å². The molecule has 5 heterocycles. The maximum atomic E-state index is 11.5. The maximum absolute atomic E-state index is 11.5. The minimum Gasteiger partial charge on any atom is -0.378 e. The highest BCUT2D eigenvalue weighted by atomic mass is 35.5. The lowest BCUT2D eigenvalue weighted by Gasteiger charge is -2.28. The van der Waals surface area contributed by atoms with E-state index in [2.05, 4.69) is 24.8 Å². The fraction of sp³-hybridized carbons (Fsp3) is 0.286. The summed E-state index contributed by atoms with van der Waals surface area (Å²) in [6.45, 7) is 3.25. The van der Waals surface area contributed by atoms with Crippen LogP contribution in [0, 0.1) is 0 Å².